The summed E-state index contributed by atoms with van der Waals surface area (Å²) < 4.78 is 5.51. The first-order chi connectivity index (χ1) is 15.6. The molecule has 3 aromatic rings. The summed E-state index contributed by atoms with van der Waals surface area (Å²) in [6.45, 7) is 1.78. The number of benzene rings is 2. The van der Waals surface area contributed by atoms with Gasteiger partial charge >= 0.3 is 6.03 Å². The Hall–Kier alpha value is -3.58. The fourth-order valence-corrected chi connectivity index (χ4v) is 3.89. The highest BCUT2D eigenvalue weighted by atomic mass is 35.5. The standard InChI is InChI=1S/C24H23ClN4O3/c1-32-21-11-10-18(27-23(30)19-9-5-12-26-22(19)25)15-20(21)29-14-6-13-28(24(29)31)16-17-7-3-2-4-8-17/h2-5,7-12,15H,6,13-14,16H2,1H3,(H,27,30). The van der Waals surface area contributed by atoms with Gasteiger partial charge in [0.15, 0.2) is 0 Å². The summed E-state index contributed by atoms with van der Waals surface area (Å²) in [5.74, 6) is 0.173. The highest BCUT2D eigenvalue weighted by Crippen LogP contribution is 2.34. The zero-order chi connectivity index (χ0) is 22.5. The van der Waals surface area contributed by atoms with Crippen LogP contribution in [-0.2, 0) is 6.54 Å². The van der Waals surface area contributed by atoms with E-state index in [1.54, 1.807) is 42.3 Å². The minimum atomic E-state index is -0.380. The Bertz CT molecular complexity index is 1120. The van der Waals surface area contributed by atoms with Gasteiger partial charge in [-0.2, -0.15) is 0 Å². The van der Waals surface area contributed by atoms with Crippen LogP contribution in [0, 0.1) is 0 Å². The second kappa shape index (κ2) is 9.70. The van der Waals surface area contributed by atoms with Gasteiger partial charge in [-0.15, -0.1) is 0 Å². The van der Waals surface area contributed by atoms with Crippen molar-refractivity contribution in [2.24, 2.45) is 0 Å². The molecule has 4 rings (SSSR count). The number of hydrogen-bond acceptors (Lipinski definition) is 4. The average Bonchev–Trinajstić information content (AvgIpc) is 2.81. The molecule has 0 aliphatic carbocycles. The molecule has 2 aromatic carbocycles. The topological polar surface area (TPSA) is 74.8 Å². The van der Waals surface area contributed by atoms with Crippen LogP contribution in [0.15, 0.2) is 66.9 Å². The first-order valence-corrected chi connectivity index (χ1v) is 10.6. The van der Waals surface area contributed by atoms with E-state index in [-0.39, 0.29) is 22.7 Å². The van der Waals surface area contributed by atoms with Gasteiger partial charge < -0.3 is 15.0 Å². The number of carbonyl (C=O) groups is 2. The predicted molar refractivity (Wildman–Crippen MR) is 124 cm³/mol. The smallest absolute Gasteiger partial charge is 0.324 e. The Morgan fingerprint density at radius 2 is 1.94 bits per heavy atom. The summed E-state index contributed by atoms with van der Waals surface area (Å²) >= 11 is 6.04. The van der Waals surface area contributed by atoms with Crippen LogP contribution < -0.4 is 15.0 Å². The zero-order valence-electron chi connectivity index (χ0n) is 17.6. The van der Waals surface area contributed by atoms with Gasteiger partial charge in [-0.05, 0) is 42.3 Å². The minimum absolute atomic E-state index is 0.0998. The molecule has 1 aliphatic rings. The van der Waals surface area contributed by atoms with Crippen molar-refractivity contribution in [2.45, 2.75) is 13.0 Å². The van der Waals surface area contributed by atoms with E-state index in [4.69, 9.17) is 16.3 Å². The molecule has 0 spiro atoms. The fraction of sp³-hybridized carbons (Fsp3) is 0.208. The number of halogens is 1. The second-order valence-corrected chi connectivity index (χ2v) is 7.74. The molecule has 0 saturated carbocycles. The minimum Gasteiger partial charge on any atom is -0.495 e. The number of aromatic nitrogens is 1. The molecule has 2 heterocycles. The van der Waals surface area contributed by atoms with E-state index in [0.717, 1.165) is 12.0 Å². The van der Waals surface area contributed by atoms with Gasteiger partial charge in [-0.1, -0.05) is 41.9 Å². The predicted octanol–water partition coefficient (Wildman–Crippen LogP) is 4.83. The van der Waals surface area contributed by atoms with Gasteiger partial charge in [0, 0.05) is 31.5 Å². The van der Waals surface area contributed by atoms with Crippen LogP contribution >= 0.6 is 11.6 Å². The molecule has 7 nitrogen and oxygen atoms in total. The molecule has 3 amide bonds. The maximum Gasteiger partial charge on any atom is 0.324 e. The molecule has 1 saturated heterocycles. The molecule has 0 bridgehead atoms. The van der Waals surface area contributed by atoms with Crippen LogP contribution in [-0.4, -0.2) is 42.0 Å². The first-order valence-electron chi connectivity index (χ1n) is 10.3. The van der Waals surface area contributed by atoms with Crippen LogP contribution in [0.3, 0.4) is 0 Å². The third-order valence-electron chi connectivity index (χ3n) is 5.26. The number of pyridine rings is 1. The molecule has 0 unspecified atom stereocenters. The van der Waals surface area contributed by atoms with Gasteiger partial charge in [0.2, 0.25) is 0 Å². The van der Waals surface area contributed by atoms with E-state index in [9.17, 15) is 9.59 Å². The van der Waals surface area contributed by atoms with Gasteiger partial charge in [-0.25, -0.2) is 9.78 Å². The molecule has 164 valence electrons. The number of ether oxygens (including phenoxy) is 1. The van der Waals surface area contributed by atoms with Crippen molar-refractivity contribution in [2.75, 3.05) is 30.4 Å². The Balaban J connectivity index is 1.57. The van der Waals surface area contributed by atoms with Crippen LogP contribution in [0.2, 0.25) is 5.15 Å². The number of carbonyl (C=O) groups excluding carboxylic acids is 2. The normalized spacial score (nSPS) is 13.8. The van der Waals surface area contributed by atoms with Crippen molar-refractivity contribution >= 4 is 34.9 Å². The van der Waals surface area contributed by atoms with Crippen molar-refractivity contribution in [3.63, 3.8) is 0 Å². The molecular formula is C24H23ClN4O3. The number of nitrogens with zero attached hydrogens (tertiary/aromatic N) is 3. The third-order valence-corrected chi connectivity index (χ3v) is 5.56. The number of hydrogen-bond donors (Lipinski definition) is 1. The molecule has 1 aliphatic heterocycles. The lowest BCUT2D eigenvalue weighted by Gasteiger charge is -2.36. The fourth-order valence-electron chi connectivity index (χ4n) is 3.69. The van der Waals surface area contributed by atoms with Crippen LogP contribution in [0.1, 0.15) is 22.3 Å². The maximum absolute atomic E-state index is 13.3. The first kappa shape index (κ1) is 21.6. The van der Waals surface area contributed by atoms with Gasteiger partial charge in [0.25, 0.3) is 5.91 Å². The van der Waals surface area contributed by atoms with E-state index in [1.807, 2.05) is 35.2 Å². The monoisotopic (exact) mass is 450 g/mol. The van der Waals surface area contributed by atoms with Crippen molar-refractivity contribution in [3.8, 4) is 5.75 Å². The molecule has 0 atom stereocenters. The molecule has 1 aromatic heterocycles. The highest BCUT2D eigenvalue weighted by Gasteiger charge is 2.29. The van der Waals surface area contributed by atoms with E-state index in [0.29, 0.717) is 36.8 Å². The molecule has 1 fully saturated rings. The Kier molecular flexibility index (Phi) is 6.56. The summed E-state index contributed by atoms with van der Waals surface area (Å²) in [5.41, 5.74) is 2.47. The lowest BCUT2D eigenvalue weighted by atomic mass is 10.1. The Morgan fingerprint density at radius 3 is 2.69 bits per heavy atom. The van der Waals surface area contributed by atoms with Crippen molar-refractivity contribution in [3.05, 3.63) is 83.1 Å². The summed E-state index contributed by atoms with van der Waals surface area (Å²) in [5, 5.41) is 2.95. The number of anilines is 2. The Morgan fingerprint density at radius 1 is 1.12 bits per heavy atom. The number of nitrogens with one attached hydrogen (secondary N) is 1. The number of urea groups is 1. The van der Waals surface area contributed by atoms with Crippen LogP contribution in [0.25, 0.3) is 0 Å². The highest BCUT2D eigenvalue weighted by molar-refractivity contribution is 6.33. The third kappa shape index (κ3) is 4.68. The average molecular weight is 451 g/mol. The van der Waals surface area contributed by atoms with Gasteiger partial charge in [0.05, 0.1) is 18.4 Å². The molecule has 32 heavy (non-hydrogen) atoms. The van der Waals surface area contributed by atoms with Crippen molar-refractivity contribution in [1.29, 1.82) is 0 Å². The van der Waals surface area contributed by atoms with Crippen LogP contribution in [0.5, 0.6) is 5.75 Å². The van der Waals surface area contributed by atoms with Crippen LogP contribution in [0.4, 0.5) is 16.2 Å². The Labute approximate surface area is 191 Å². The molecule has 8 heteroatoms. The molecule has 0 radical (unpaired) electrons. The molecule has 1 N–H and O–H groups in total. The van der Waals surface area contributed by atoms with E-state index in [1.165, 1.54) is 6.20 Å². The maximum atomic E-state index is 13.3. The quantitative estimate of drug-likeness (QED) is 0.546. The molecular weight excluding hydrogens is 428 g/mol. The second-order valence-electron chi connectivity index (χ2n) is 7.38. The van der Waals surface area contributed by atoms with Gasteiger partial charge in [-0.3, -0.25) is 9.69 Å². The van der Waals surface area contributed by atoms with Crippen molar-refractivity contribution < 1.29 is 14.3 Å². The SMILES string of the molecule is COc1ccc(NC(=O)c2cccnc2Cl)cc1N1CCCN(Cc2ccccc2)C1=O. The van der Waals surface area contributed by atoms with Gasteiger partial charge in [0.1, 0.15) is 10.9 Å². The van der Waals surface area contributed by atoms with E-state index < -0.39 is 0 Å². The number of amides is 3. The lowest BCUT2D eigenvalue weighted by molar-refractivity contribution is 0.102. The zero-order valence-corrected chi connectivity index (χ0v) is 18.4. The summed E-state index contributed by atoms with van der Waals surface area (Å²) in [6.07, 6.45) is 2.34. The number of methoxy groups -OCH3 is 1. The summed E-state index contributed by atoms with van der Waals surface area (Å²) in [6, 6.07) is 18.2. The largest absolute Gasteiger partial charge is 0.495 e. The van der Waals surface area contributed by atoms with E-state index >= 15 is 0 Å². The van der Waals surface area contributed by atoms with E-state index in [2.05, 4.69) is 10.3 Å². The van der Waals surface area contributed by atoms with Crippen molar-refractivity contribution in [1.82, 2.24) is 9.88 Å². The summed E-state index contributed by atoms with van der Waals surface area (Å²) in [4.78, 5) is 33.4. The number of rotatable bonds is 6. The summed E-state index contributed by atoms with van der Waals surface area (Å²) in [7, 11) is 1.56. The lowest BCUT2D eigenvalue weighted by Crippen LogP contribution is -2.49.